The predicted octanol–water partition coefficient (Wildman–Crippen LogP) is 5.57. The normalized spacial score (nSPS) is 18.7. The third-order valence-electron chi connectivity index (χ3n) is 4.26. The number of likely N-dealkylation sites (tertiary alicyclic amines) is 1. The summed E-state index contributed by atoms with van der Waals surface area (Å²) in [5.41, 5.74) is 0.797. The molecule has 0 saturated carbocycles. The largest absolute Gasteiger partial charge is 0.380 e. The fourth-order valence-corrected chi connectivity index (χ4v) is 3.94. The van der Waals surface area contributed by atoms with Crippen molar-refractivity contribution in [2.24, 2.45) is 5.92 Å². The molecule has 5 heteroatoms. The van der Waals surface area contributed by atoms with Gasteiger partial charge in [-0.3, -0.25) is 0 Å². The molecule has 1 aliphatic rings. The van der Waals surface area contributed by atoms with E-state index in [4.69, 9.17) is 34.8 Å². The molecular formula is C16H23Cl3N2. The van der Waals surface area contributed by atoms with Crippen molar-refractivity contribution in [3.8, 4) is 0 Å². The molecule has 1 atom stereocenters. The van der Waals surface area contributed by atoms with Crippen molar-refractivity contribution in [3.05, 3.63) is 27.2 Å². The van der Waals surface area contributed by atoms with Gasteiger partial charge in [-0.15, -0.1) is 0 Å². The summed E-state index contributed by atoms with van der Waals surface area (Å²) in [7, 11) is 0. The van der Waals surface area contributed by atoms with Gasteiger partial charge < -0.3 is 10.2 Å². The van der Waals surface area contributed by atoms with Gasteiger partial charge in [0.25, 0.3) is 0 Å². The lowest BCUT2D eigenvalue weighted by molar-refractivity contribution is 0.176. The van der Waals surface area contributed by atoms with Gasteiger partial charge in [-0.2, -0.15) is 0 Å². The first-order chi connectivity index (χ1) is 10.0. The predicted molar refractivity (Wildman–Crippen MR) is 94.0 cm³/mol. The summed E-state index contributed by atoms with van der Waals surface area (Å²) in [6.45, 7) is 8.03. The third kappa shape index (κ3) is 4.66. The van der Waals surface area contributed by atoms with Gasteiger partial charge in [0, 0.05) is 11.1 Å². The van der Waals surface area contributed by atoms with Crippen molar-refractivity contribution < 1.29 is 0 Å². The van der Waals surface area contributed by atoms with Crippen LogP contribution in [0.5, 0.6) is 0 Å². The van der Waals surface area contributed by atoms with E-state index in [0.29, 0.717) is 27.0 Å². The lowest BCUT2D eigenvalue weighted by Gasteiger charge is -2.35. The zero-order valence-corrected chi connectivity index (χ0v) is 14.9. The minimum Gasteiger partial charge on any atom is -0.380 e. The van der Waals surface area contributed by atoms with E-state index in [1.54, 1.807) is 12.1 Å². The highest BCUT2D eigenvalue weighted by atomic mass is 35.5. The highest BCUT2D eigenvalue weighted by Gasteiger charge is 2.24. The molecule has 2 nitrogen and oxygen atoms in total. The average Bonchev–Trinajstić information content (AvgIpc) is 2.43. The van der Waals surface area contributed by atoms with Gasteiger partial charge in [0.05, 0.1) is 15.7 Å². The number of hydrogen-bond donors (Lipinski definition) is 1. The Morgan fingerprint density at radius 1 is 1.19 bits per heavy atom. The van der Waals surface area contributed by atoms with Crippen LogP contribution in [0.4, 0.5) is 5.69 Å². The molecule has 1 aromatic carbocycles. The zero-order valence-electron chi connectivity index (χ0n) is 12.6. The standard InChI is InChI=1S/C16H23Cl3N2/c1-3-6-21-7-4-12(5-8-21)11(2)20-16-14(18)9-13(17)10-15(16)19/h9-12,20H,3-8H2,1-2H3. The minimum atomic E-state index is 0.352. The quantitative estimate of drug-likeness (QED) is 0.747. The Morgan fingerprint density at radius 2 is 1.76 bits per heavy atom. The molecule has 1 aliphatic heterocycles. The lowest BCUT2D eigenvalue weighted by atomic mass is 9.90. The van der Waals surface area contributed by atoms with E-state index in [1.165, 1.54) is 38.9 Å². The Bertz CT molecular complexity index is 448. The van der Waals surface area contributed by atoms with Gasteiger partial charge in [0.15, 0.2) is 0 Å². The van der Waals surface area contributed by atoms with Crippen molar-refractivity contribution in [1.82, 2.24) is 4.90 Å². The van der Waals surface area contributed by atoms with Crippen molar-refractivity contribution in [2.75, 3.05) is 25.0 Å². The summed E-state index contributed by atoms with van der Waals surface area (Å²) in [6.07, 6.45) is 3.67. The molecular weight excluding hydrogens is 327 g/mol. The number of piperidine rings is 1. The van der Waals surface area contributed by atoms with Crippen LogP contribution in [0.1, 0.15) is 33.1 Å². The minimum absolute atomic E-state index is 0.352. The van der Waals surface area contributed by atoms with Gasteiger partial charge in [-0.05, 0) is 63.9 Å². The van der Waals surface area contributed by atoms with Gasteiger partial charge in [-0.25, -0.2) is 0 Å². The van der Waals surface area contributed by atoms with Crippen LogP contribution in [0.2, 0.25) is 15.1 Å². The fraction of sp³-hybridized carbons (Fsp3) is 0.625. The Hall–Kier alpha value is -0.150. The van der Waals surface area contributed by atoms with Crippen LogP contribution in [0.25, 0.3) is 0 Å². The Balaban J connectivity index is 1.95. The van der Waals surface area contributed by atoms with E-state index in [1.807, 2.05) is 0 Å². The number of nitrogens with zero attached hydrogens (tertiary/aromatic N) is 1. The molecule has 21 heavy (non-hydrogen) atoms. The van der Waals surface area contributed by atoms with Gasteiger partial charge in [0.2, 0.25) is 0 Å². The molecule has 1 fully saturated rings. The van der Waals surface area contributed by atoms with E-state index in [-0.39, 0.29) is 0 Å². The molecule has 2 rings (SSSR count). The SMILES string of the molecule is CCCN1CCC(C(C)Nc2c(Cl)cc(Cl)cc2Cl)CC1. The van der Waals surface area contributed by atoms with Crippen molar-refractivity contribution in [1.29, 1.82) is 0 Å². The first-order valence-electron chi connectivity index (χ1n) is 7.64. The number of nitrogens with one attached hydrogen (secondary N) is 1. The molecule has 1 saturated heterocycles. The van der Waals surface area contributed by atoms with E-state index >= 15 is 0 Å². The first-order valence-corrected chi connectivity index (χ1v) is 8.78. The number of rotatable bonds is 5. The third-order valence-corrected chi connectivity index (χ3v) is 5.07. The van der Waals surface area contributed by atoms with Crippen LogP contribution in [0.3, 0.4) is 0 Å². The van der Waals surface area contributed by atoms with Gasteiger partial charge in [0.1, 0.15) is 0 Å². The van der Waals surface area contributed by atoms with Crippen LogP contribution in [0.15, 0.2) is 12.1 Å². The molecule has 0 spiro atoms. The fourth-order valence-electron chi connectivity index (χ4n) is 3.02. The monoisotopic (exact) mass is 348 g/mol. The smallest absolute Gasteiger partial charge is 0.0722 e. The Morgan fingerprint density at radius 3 is 2.29 bits per heavy atom. The van der Waals surface area contributed by atoms with Crippen LogP contribution >= 0.6 is 34.8 Å². The molecule has 0 amide bonds. The second-order valence-electron chi connectivity index (χ2n) is 5.86. The maximum atomic E-state index is 6.24. The second kappa shape index (κ2) is 7.92. The highest BCUT2D eigenvalue weighted by molar-refractivity contribution is 6.41. The summed E-state index contributed by atoms with van der Waals surface area (Å²) < 4.78 is 0. The van der Waals surface area contributed by atoms with E-state index < -0.39 is 0 Å². The van der Waals surface area contributed by atoms with Crippen LogP contribution < -0.4 is 5.32 Å². The summed E-state index contributed by atoms with van der Waals surface area (Å²) >= 11 is 18.4. The summed E-state index contributed by atoms with van der Waals surface area (Å²) in [6, 6.07) is 3.81. The molecule has 0 aromatic heterocycles. The number of hydrogen-bond acceptors (Lipinski definition) is 2. The molecule has 0 aliphatic carbocycles. The van der Waals surface area contributed by atoms with Crippen molar-refractivity contribution in [2.45, 2.75) is 39.2 Å². The molecule has 1 heterocycles. The average molecular weight is 350 g/mol. The number of benzene rings is 1. The van der Waals surface area contributed by atoms with E-state index in [9.17, 15) is 0 Å². The maximum absolute atomic E-state index is 6.24. The Labute approximate surface area is 142 Å². The van der Waals surface area contributed by atoms with Crippen LogP contribution in [-0.2, 0) is 0 Å². The van der Waals surface area contributed by atoms with E-state index in [2.05, 4.69) is 24.1 Å². The lowest BCUT2D eigenvalue weighted by Crippen LogP contribution is -2.39. The molecule has 118 valence electrons. The molecule has 1 unspecified atom stereocenters. The number of anilines is 1. The van der Waals surface area contributed by atoms with Crippen LogP contribution in [-0.4, -0.2) is 30.6 Å². The highest BCUT2D eigenvalue weighted by Crippen LogP contribution is 2.35. The molecule has 0 radical (unpaired) electrons. The zero-order chi connectivity index (χ0) is 15.4. The summed E-state index contributed by atoms with van der Waals surface area (Å²) in [5.74, 6) is 0.654. The topological polar surface area (TPSA) is 15.3 Å². The maximum Gasteiger partial charge on any atom is 0.0722 e. The summed E-state index contributed by atoms with van der Waals surface area (Å²) in [5, 5.41) is 5.22. The van der Waals surface area contributed by atoms with E-state index in [0.717, 1.165) is 5.69 Å². The van der Waals surface area contributed by atoms with Crippen molar-refractivity contribution in [3.63, 3.8) is 0 Å². The van der Waals surface area contributed by atoms with Crippen molar-refractivity contribution >= 4 is 40.5 Å². The first kappa shape index (κ1) is 17.2. The molecule has 0 bridgehead atoms. The number of halogens is 3. The van der Waals surface area contributed by atoms with Crippen LogP contribution in [0, 0.1) is 5.92 Å². The van der Waals surface area contributed by atoms with Gasteiger partial charge >= 0.3 is 0 Å². The van der Waals surface area contributed by atoms with Gasteiger partial charge in [-0.1, -0.05) is 41.7 Å². The second-order valence-corrected chi connectivity index (χ2v) is 7.11. The summed E-state index contributed by atoms with van der Waals surface area (Å²) in [4.78, 5) is 2.55. The molecule has 1 N–H and O–H groups in total. The Kier molecular flexibility index (Phi) is 6.49. The molecule has 1 aromatic rings.